The maximum Gasteiger partial charge on any atom is 0.329 e. The van der Waals surface area contributed by atoms with Crippen LogP contribution >= 0.6 is 0 Å². The average Bonchev–Trinajstić information content (AvgIpc) is 3.07. The number of allylic oxidation sites excluding steroid dienone is 4. The van der Waals surface area contributed by atoms with Crippen molar-refractivity contribution in [1.29, 1.82) is 0 Å². The number of esters is 1. The van der Waals surface area contributed by atoms with Gasteiger partial charge in [-0.2, -0.15) is 0 Å². The molecule has 4 aliphatic rings. The van der Waals surface area contributed by atoms with E-state index in [0.717, 1.165) is 30.4 Å². The van der Waals surface area contributed by atoms with Crippen LogP contribution in [0.25, 0.3) is 0 Å². The Morgan fingerprint density at radius 1 is 1.04 bits per heavy atom. The van der Waals surface area contributed by atoms with Crippen molar-refractivity contribution in [1.82, 2.24) is 4.90 Å². The zero-order valence-electron chi connectivity index (χ0n) is 30.6. The van der Waals surface area contributed by atoms with E-state index in [-0.39, 0.29) is 38.0 Å². The Labute approximate surface area is 297 Å². The standard InChI is InChI=1S/C39H59NO10/c1-7-12-28-19-24(2)13-10-17-32(47-5)35-34(48-6)21-26(4)39(46,50-35)36(43)37(44)40-18-9-8-16-30(40)38(45)49-33(23-29(41)22-31(28)42)25(3)20-27-14-11-15-27/h7,19-20,26-30,32-35,41,46H,1,8-18,21-23H2,2-6H3/b24-19+,25-20+/t26?,28?,29-,30-,32-,33-,34?,35?,39?/m0/s1. The first-order chi connectivity index (χ1) is 23.8. The zero-order valence-corrected chi connectivity index (χ0v) is 30.6. The Bertz CT molecular complexity index is 1290. The van der Waals surface area contributed by atoms with Crippen LogP contribution in [0.5, 0.6) is 0 Å². The van der Waals surface area contributed by atoms with Crippen LogP contribution in [0.2, 0.25) is 0 Å². The number of rotatable bonds is 6. The number of aliphatic hydroxyl groups is 2. The van der Waals surface area contributed by atoms with Crippen LogP contribution in [-0.2, 0) is 38.1 Å². The second kappa shape index (κ2) is 18.2. The van der Waals surface area contributed by atoms with Crippen molar-refractivity contribution in [2.24, 2.45) is 17.8 Å². The molecule has 2 bridgehead atoms. The van der Waals surface area contributed by atoms with Gasteiger partial charge < -0.3 is 34.1 Å². The molecule has 1 amide bonds. The maximum absolute atomic E-state index is 14.0. The summed E-state index contributed by atoms with van der Waals surface area (Å²) in [5.74, 6) is -6.32. The molecule has 2 saturated heterocycles. The third-order valence-corrected chi connectivity index (χ3v) is 11.2. The third kappa shape index (κ3) is 9.59. The van der Waals surface area contributed by atoms with Crippen molar-refractivity contribution in [3.05, 3.63) is 36.0 Å². The van der Waals surface area contributed by atoms with Gasteiger partial charge >= 0.3 is 5.97 Å². The minimum Gasteiger partial charge on any atom is -0.456 e. The molecule has 2 N–H and O–H groups in total. The molecule has 0 spiro atoms. The molecule has 50 heavy (non-hydrogen) atoms. The van der Waals surface area contributed by atoms with Crippen molar-refractivity contribution in [3.8, 4) is 0 Å². The lowest BCUT2D eigenvalue weighted by molar-refractivity contribution is -0.302. The molecule has 5 unspecified atom stereocenters. The van der Waals surface area contributed by atoms with Crippen LogP contribution in [-0.4, -0.2) is 102 Å². The highest BCUT2D eigenvalue weighted by Crippen LogP contribution is 2.38. The zero-order chi connectivity index (χ0) is 36.6. The Kier molecular flexibility index (Phi) is 14.6. The van der Waals surface area contributed by atoms with Crippen molar-refractivity contribution in [2.75, 3.05) is 20.8 Å². The largest absolute Gasteiger partial charge is 0.456 e. The highest BCUT2D eigenvalue weighted by molar-refractivity contribution is 6.39. The number of Topliss-reactive ketones (excluding diaryl/α,β-unsaturated/α-hetero) is 2. The molecule has 3 fully saturated rings. The summed E-state index contributed by atoms with van der Waals surface area (Å²) in [6.45, 7) is 9.43. The number of hydrogen-bond donors (Lipinski definition) is 2. The van der Waals surface area contributed by atoms with E-state index in [4.69, 9.17) is 18.9 Å². The van der Waals surface area contributed by atoms with E-state index in [9.17, 15) is 29.4 Å². The molecule has 9 atom stereocenters. The molecule has 3 aliphatic heterocycles. The van der Waals surface area contributed by atoms with Gasteiger partial charge in [-0.1, -0.05) is 37.1 Å². The molecule has 280 valence electrons. The fourth-order valence-corrected chi connectivity index (χ4v) is 7.81. The SMILES string of the molecule is C=CCC1/C=C(\C)CCC[C@H](OC)C2OC(O)(C(=O)C(=O)N3CCCC[C@H]3C(=O)O[C@H](/C(C)=C/C3CCC3)C[C@@H](O)CC1=O)C(C)CC2OC. The van der Waals surface area contributed by atoms with Gasteiger partial charge in [-0.05, 0) is 89.5 Å². The number of fused-ring (bicyclic) bond motifs is 3. The summed E-state index contributed by atoms with van der Waals surface area (Å²) in [5.41, 5.74) is 1.77. The number of amides is 1. The summed E-state index contributed by atoms with van der Waals surface area (Å²) in [4.78, 5) is 56.6. The lowest BCUT2D eigenvalue weighted by Gasteiger charge is -2.46. The van der Waals surface area contributed by atoms with Crippen LogP contribution in [0.3, 0.4) is 0 Å². The average molecular weight is 702 g/mol. The number of methoxy groups -OCH3 is 2. The van der Waals surface area contributed by atoms with Gasteiger partial charge in [-0.15, -0.1) is 6.58 Å². The van der Waals surface area contributed by atoms with Gasteiger partial charge in [0.15, 0.2) is 0 Å². The lowest BCUT2D eigenvalue weighted by atomic mass is 9.83. The fraction of sp³-hybridized carbons (Fsp3) is 0.744. The van der Waals surface area contributed by atoms with E-state index in [1.807, 2.05) is 19.9 Å². The molecule has 11 heteroatoms. The maximum atomic E-state index is 14.0. The number of cyclic esters (lactones) is 1. The Hall–Kier alpha value is -2.70. The topological polar surface area (TPSA) is 149 Å². The van der Waals surface area contributed by atoms with Gasteiger partial charge in [0.1, 0.15) is 24.0 Å². The van der Waals surface area contributed by atoms with E-state index < -0.39 is 71.8 Å². The van der Waals surface area contributed by atoms with E-state index in [2.05, 4.69) is 12.7 Å². The van der Waals surface area contributed by atoms with Crippen LogP contribution in [0.1, 0.15) is 104 Å². The predicted molar refractivity (Wildman–Crippen MR) is 187 cm³/mol. The molecule has 4 rings (SSSR count). The molecule has 3 heterocycles. The number of aliphatic hydroxyl groups excluding tert-OH is 1. The minimum absolute atomic E-state index is 0.0151. The summed E-state index contributed by atoms with van der Waals surface area (Å²) >= 11 is 0. The van der Waals surface area contributed by atoms with Crippen molar-refractivity contribution in [2.45, 2.75) is 147 Å². The van der Waals surface area contributed by atoms with Crippen LogP contribution in [0, 0.1) is 17.8 Å². The molecular formula is C39H59NO10. The normalized spacial score (nSPS) is 37.5. The molecule has 0 aromatic rings. The Balaban J connectivity index is 1.71. The lowest BCUT2D eigenvalue weighted by Crippen LogP contribution is -2.64. The number of carbonyl (C=O) groups is 4. The number of ether oxygens (including phenoxy) is 4. The Morgan fingerprint density at radius 3 is 2.40 bits per heavy atom. The van der Waals surface area contributed by atoms with E-state index in [1.165, 1.54) is 19.1 Å². The number of piperidine rings is 1. The molecule has 1 saturated carbocycles. The quantitative estimate of drug-likeness (QED) is 0.225. The van der Waals surface area contributed by atoms with Gasteiger partial charge in [0, 0.05) is 45.4 Å². The molecule has 0 radical (unpaired) electrons. The first-order valence-electron chi connectivity index (χ1n) is 18.5. The number of nitrogens with zero attached hydrogens (tertiary/aromatic N) is 1. The molecule has 0 aromatic heterocycles. The summed E-state index contributed by atoms with van der Waals surface area (Å²) < 4.78 is 23.8. The van der Waals surface area contributed by atoms with Gasteiger partial charge in [-0.25, -0.2) is 4.79 Å². The predicted octanol–water partition coefficient (Wildman–Crippen LogP) is 4.77. The monoisotopic (exact) mass is 701 g/mol. The van der Waals surface area contributed by atoms with Gasteiger partial charge in [0.05, 0.1) is 18.3 Å². The Morgan fingerprint density at radius 2 is 1.76 bits per heavy atom. The minimum atomic E-state index is -2.46. The molecule has 0 aromatic carbocycles. The summed E-state index contributed by atoms with van der Waals surface area (Å²) in [5, 5.41) is 23.1. The van der Waals surface area contributed by atoms with Crippen LogP contribution < -0.4 is 0 Å². The van der Waals surface area contributed by atoms with Crippen molar-refractivity contribution in [3.63, 3.8) is 0 Å². The van der Waals surface area contributed by atoms with Gasteiger partial charge in [0.2, 0.25) is 5.79 Å². The second-order valence-electron chi connectivity index (χ2n) is 14.9. The molecular weight excluding hydrogens is 642 g/mol. The van der Waals surface area contributed by atoms with Crippen LogP contribution in [0.4, 0.5) is 0 Å². The molecule has 11 nitrogen and oxygen atoms in total. The highest BCUT2D eigenvalue weighted by Gasteiger charge is 2.56. The van der Waals surface area contributed by atoms with E-state index in [0.29, 0.717) is 44.4 Å². The van der Waals surface area contributed by atoms with E-state index >= 15 is 0 Å². The smallest absolute Gasteiger partial charge is 0.329 e. The van der Waals surface area contributed by atoms with Gasteiger partial charge in [0.25, 0.3) is 11.7 Å². The van der Waals surface area contributed by atoms with Crippen LogP contribution in [0.15, 0.2) is 36.0 Å². The second-order valence-corrected chi connectivity index (χ2v) is 14.9. The van der Waals surface area contributed by atoms with E-state index in [1.54, 1.807) is 13.0 Å². The number of hydrogen-bond acceptors (Lipinski definition) is 10. The highest BCUT2D eigenvalue weighted by atomic mass is 16.7. The number of carbonyl (C=O) groups excluding carboxylic acids is 4. The summed E-state index contributed by atoms with van der Waals surface area (Å²) in [7, 11) is 3.06. The van der Waals surface area contributed by atoms with Crippen molar-refractivity contribution >= 4 is 23.4 Å². The first-order valence-corrected chi connectivity index (χ1v) is 18.5. The third-order valence-electron chi connectivity index (χ3n) is 11.2. The summed E-state index contributed by atoms with van der Waals surface area (Å²) in [6, 6.07) is -1.06. The number of ketones is 2. The van der Waals surface area contributed by atoms with Gasteiger partial charge in [-0.3, -0.25) is 14.4 Å². The fourth-order valence-electron chi connectivity index (χ4n) is 7.81. The van der Waals surface area contributed by atoms with Crippen molar-refractivity contribution < 1.29 is 48.3 Å². The molecule has 1 aliphatic carbocycles. The summed E-state index contributed by atoms with van der Waals surface area (Å²) in [6.07, 6.45) is 8.87. The first kappa shape index (κ1) is 40.1.